The minimum absolute atomic E-state index is 0.0626. The minimum Gasteiger partial charge on any atom is -0.488 e. The van der Waals surface area contributed by atoms with Crippen LogP contribution in [0.5, 0.6) is 11.5 Å². The fourth-order valence-corrected chi connectivity index (χ4v) is 5.14. The molecule has 1 aromatic heterocycles. The van der Waals surface area contributed by atoms with Crippen LogP contribution in [0.15, 0.2) is 42.5 Å². The molecule has 3 aromatic rings. The molecular weight excluding hydrogens is 453 g/mol. The van der Waals surface area contributed by atoms with Gasteiger partial charge in [-0.3, -0.25) is 0 Å². The van der Waals surface area contributed by atoms with Crippen LogP contribution in [0.4, 0.5) is 24.0 Å². The van der Waals surface area contributed by atoms with Gasteiger partial charge in [0.2, 0.25) is 0 Å². The molecule has 0 spiro atoms. The number of fused-ring (bicyclic) bond motifs is 1. The van der Waals surface area contributed by atoms with Crippen LogP contribution in [-0.4, -0.2) is 22.6 Å². The number of aliphatic hydroxyl groups is 1. The number of ether oxygens (including phenoxy) is 2. The van der Waals surface area contributed by atoms with Crippen molar-refractivity contribution in [2.75, 3.05) is 5.32 Å². The lowest BCUT2D eigenvalue weighted by molar-refractivity contribution is -0.274. The normalized spacial score (nSPS) is 18.4. The molecule has 0 aliphatic heterocycles. The number of aromatic nitrogens is 1. The summed E-state index contributed by atoms with van der Waals surface area (Å²) in [6.07, 6.45) is 0.231. The topological polar surface area (TPSA) is 63.6 Å². The van der Waals surface area contributed by atoms with Crippen molar-refractivity contribution >= 4 is 22.2 Å². The highest BCUT2D eigenvalue weighted by molar-refractivity contribution is 7.15. The van der Waals surface area contributed by atoms with E-state index in [2.05, 4.69) is 15.0 Å². The third-order valence-electron chi connectivity index (χ3n) is 5.90. The van der Waals surface area contributed by atoms with Crippen molar-refractivity contribution in [1.82, 2.24) is 4.98 Å². The molecular formula is C24H23F3N2O3S. The standard InChI is InChI=1S/C24H23F3N2O3S/c25-24(26,27)32-16-8-1-5-14(13-16)17-9-3-10-18(22(17)31-15-6-2-7-15)28-23-29-21-19(30)11-4-12-20(21)33-23/h1,3,5,8-10,13,15,19,30H,2,4,6-7,11-12H2,(H,28,29). The molecule has 1 atom stereocenters. The number of nitrogens with one attached hydrogen (secondary N) is 1. The molecule has 1 fully saturated rings. The molecule has 0 radical (unpaired) electrons. The fourth-order valence-electron chi connectivity index (χ4n) is 4.07. The van der Waals surface area contributed by atoms with Gasteiger partial charge in [-0.2, -0.15) is 0 Å². The Balaban J connectivity index is 1.50. The molecule has 2 aromatic carbocycles. The Bertz CT molecular complexity index is 1140. The molecule has 5 nitrogen and oxygen atoms in total. The van der Waals surface area contributed by atoms with Gasteiger partial charge in [0, 0.05) is 10.4 Å². The van der Waals surface area contributed by atoms with Gasteiger partial charge in [-0.1, -0.05) is 24.3 Å². The number of rotatable bonds is 6. The Morgan fingerprint density at radius 3 is 2.61 bits per heavy atom. The number of alkyl halides is 3. The first-order chi connectivity index (χ1) is 15.9. The molecule has 2 N–H and O–H groups in total. The highest BCUT2D eigenvalue weighted by Crippen LogP contribution is 2.43. The summed E-state index contributed by atoms with van der Waals surface area (Å²) in [4.78, 5) is 5.67. The highest BCUT2D eigenvalue weighted by atomic mass is 32.1. The zero-order chi connectivity index (χ0) is 23.0. The van der Waals surface area contributed by atoms with Gasteiger partial charge in [-0.25, -0.2) is 4.98 Å². The first kappa shape index (κ1) is 22.0. The Labute approximate surface area is 193 Å². The van der Waals surface area contributed by atoms with E-state index in [-0.39, 0.29) is 11.9 Å². The maximum absolute atomic E-state index is 12.7. The molecule has 174 valence electrons. The van der Waals surface area contributed by atoms with Gasteiger partial charge >= 0.3 is 6.36 Å². The summed E-state index contributed by atoms with van der Waals surface area (Å²) in [6.45, 7) is 0. The van der Waals surface area contributed by atoms with E-state index in [9.17, 15) is 18.3 Å². The van der Waals surface area contributed by atoms with E-state index < -0.39 is 12.5 Å². The van der Waals surface area contributed by atoms with Crippen LogP contribution in [0.3, 0.4) is 0 Å². The number of halogens is 3. The zero-order valence-corrected chi connectivity index (χ0v) is 18.5. The number of para-hydroxylation sites is 1. The van der Waals surface area contributed by atoms with E-state index in [0.29, 0.717) is 34.1 Å². The molecule has 1 unspecified atom stereocenters. The van der Waals surface area contributed by atoms with Crippen molar-refractivity contribution < 1.29 is 27.8 Å². The monoisotopic (exact) mass is 476 g/mol. The number of nitrogens with zero attached hydrogens (tertiary/aromatic N) is 1. The Morgan fingerprint density at radius 2 is 1.88 bits per heavy atom. The van der Waals surface area contributed by atoms with Crippen molar-refractivity contribution in [1.29, 1.82) is 0 Å². The predicted octanol–water partition coefficient (Wildman–Crippen LogP) is 6.75. The lowest BCUT2D eigenvalue weighted by Gasteiger charge is -2.29. The van der Waals surface area contributed by atoms with Crippen LogP contribution in [0.1, 0.15) is 48.8 Å². The Kier molecular flexibility index (Phi) is 5.92. The fraction of sp³-hybridized carbons (Fsp3) is 0.375. The number of aryl methyl sites for hydroxylation is 1. The Hall–Kier alpha value is -2.78. The van der Waals surface area contributed by atoms with Crippen molar-refractivity contribution in [2.24, 2.45) is 0 Å². The van der Waals surface area contributed by atoms with E-state index >= 15 is 0 Å². The largest absolute Gasteiger partial charge is 0.573 e. The van der Waals surface area contributed by atoms with Crippen LogP contribution in [0, 0.1) is 0 Å². The van der Waals surface area contributed by atoms with Crippen LogP contribution in [-0.2, 0) is 6.42 Å². The van der Waals surface area contributed by atoms with Gasteiger partial charge in [0.15, 0.2) is 10.9 Å². The van der Waals surface area contributed by atoms with E-state index in [1.807, 2.05) is 18.2 Å². The lowest BCUT2D eigenvalue weighted by Crippen LogP contribution is -2.25. The number of hydrogen-bond donors (Lipinski definition) is 2. The molecule has 2 aliphatic rings. The summed E-state index contributed by atoms with van der Waals surface area (Å²) in [5.41, 5.74) is 2.63. The number of benzene rings is 2. The second-order valence-corrected chi connectivity index (χ2v) is 9.37. The van der Waals surface area contributed by atoms with Gasteiger partial charge in [-0.15, -0.1) is 24.5 Å². The van der Waals surface area contributed by atoms with Crippen LogP contribution < -0.4 is 14.8 Å². The van der Waals surface area contributed by atoms with Gasteiger partial charge in [0.1, 0.15) is 5.75 Å². The molecule has 0 bridgehead atoms. The average molecular weight is 477 g/mol. The SMILES string of the molecule is OC1CCCc2sc(Nc3cccc(-c4cccc(OC(F)(F)F)c4)c3OC3CCC3)nc21. The van der Waals surface area contributed by atoms with E-state index in [1.165, 1.54) is 29.5 Å². The first-order valence-electron chi connectivity index (χ1n) is 11.0. The number of hydrogen-bond acceptors (Lipinski definition) is 6. The highest BCUT2D eigenvalue weighted by Gasteiger charge is 2.31. The van der Waals surface area contributed by atoms with E-state index in [1.54, 1.807) is 6.07 Å². The van der Waals surface area contributed by atoms with Crippen LogP contribution in [0.2, 0.25) is 0 Å². The van der Waals surface area contributed by atoms with Crippen LogP contribution in [0.25, 0.3) is 11.1 Å². The summed E-state index contributed by atoms with van der Waals surface area (Å²) in [7, 11) is 0. The van der Waals surface area contributed by atoms with Crippen molar-refractivity contribution in [3.8, 4) is 22.6 Å². The van der Waals surface area contributed by atoms with Crippen molar-refractivity contribution in [3.63, 3.8) is 0 Å². The summed E-state index contributed by atoms with van der Waals surface area (Å²) >= 11 is 1.51. The quantitative estimate of drug-likeness (QED) is 0.412. The molecule has 0 amide bonds. The van der Waals surface area contributed by atoms with Gasteiger partial charge in [0.25, 0.3) is 0 Å². The Morgan fingerprint density at radius 1 is 1.06 bits per heavy atom. The van der Waals surface area contributed by atoms with E-state index in [0.717, 1.165) is 42.7 Å². The third-order valence-corrected chi connectivity index (χ3v) is 6.94. The van der Waals surface area contributed by atoms with Crippen molar-refractivity contribution in [2.45, 2.75) is 57.1 Å². The zero-order valence-electron chi connectivity index (χ0n) is 17.7. The maximum Gasteiger partial charge on any atom is 0.573 e. The smallest absolute Gasteiger partial charge is 0.488 e. The molecule has 2 aliphatic carbocycles. The molecule has 5 rings (SSSR count). The van der Waals surface area contributed by atoms with E-state index in [4.69, 9.17) is 4.74 Å². The first-order valence-corrected chi connectivity index (χ1v) is 11.8. The predicted molar refractivity (Wildman–Crippen MR) is 120 cm³/mol. The molecule has 33 heavy (non-hydrogen) atoms. The summed E-state index contributed by atoms with van der Waals surface area (Å²) in [5.74, 6) is 0.287. The molecule has 1 saturated carbocycles. The third kappa shape index (κ3) is 4.94. The van der Waals surface area contributed by atoms with Gasteiger partial charge in [0.05, 0.1) is 23.6 Å². The average Bonchev–Trinajstić information content (AvgIpc) is 3.14. The maximum atomic E-state index is 12.7. The number of aliphatic hydroxyl groups excluding tert-OH is 1. The summed E-state index contributed by atoms with van der Waals surface area (Å²) < 4.78 is 48.6. The number of anilines is 2. The molecule has 9 heteroatoms. The molecule has 1 heterocycles. The minimum atomic E-state index is -4.76. The van der Waals surface area contributed by atoms with Crippen molar-refractivity contribution in [3.05, 3.63) is 53.0 Å². The second-order valence-electron chi connectivity index (χ2n) is 8.29. The summed E-state index contributed by atoms with van der Waals surface area (Å²) in [6, 6.07) is 11.4. The lowest BCUT2D eigenvalue weighted by atomic mass is 9.95. The molecule has 0 saturated heterocycles. The number of thiazole rings is 1. The van der Waals surface area contributed by atoms with Crippen LogP contribution >= 0.6 is 11.3 Å². The van der Waals surface area contributed by atoms with Gasteiger partial charge < -0.3 is 19.9 Å². The second kappa shape index (κ2) is 8.87. The van der Waals surface area contributed by atoms with Gasteiger partial charge in [-0.05, 0) is 62.3 Å². The summed E-state index contributed by atoms with van der Waals surface area (Å²) in [5, 5.41) is 14.2.